The molecule has 0 radical (unpaired) electrons. The van der Waals surface area contributed by atoms with E-state index >= 15 is 0 Å². The van der Waals surface area contributed by atoms with Gasteiger partial charge >= 0.3 is 0 Å². The van der Waals surface area contributed by atoms with Gasteiger partial charge in [-0.3, -0.25) is 4.79 Å². The van der Waals surface area contributed by atoms with Gasteiger partial charge in [-0.15, -0.1) is 0 Å². The molecule has 0 saturated heterocycles. The van der Waals surface area contributed by atoms with Gasteiger partial charge in [-0.2, -0.15) is 0 Å². The van der Waals surface area contributed by atoms with Crippen molar-refractivity contribution in [3.8, 4) is 0 Å². The van der Waals surface area contributed by atoms with Gasteiger partial charge in [0.1, 0.15) is 0 Å². The van der Waals surface area contributed by atoms with Gasteiger partial charge in [0.15, 0.2) is 0 Å². The van der Waals surface area contributed by atoms with Gasteiger partial charge in [0.25, 0.3) is 5.91 Å². The first-order valence-electron chi connectivity index (χ1n) is 6.56. The number of amides is 1. The first-order chi connectivity index (χ1) is 8.46. The lowest BCUT2D eigenvalue weighted by atomic mass is 9.94. The van der Waals surface area contributed by atoms with Gasteiger partial charge in [-0.1, -0.05) is 17.7 Å². The Kier molecular flexibility index (Phi) is 3.44. The summed E-state index contributed by atoms with van der Waals surface area (Å²) in [7, 11) is 0. The summed E-state index contributed by atoms with van der Waals surface area (Å²) in [6, 6.07) is 5.90. The van der Waals surface area contributed by atoms with E-state index in [4.69, 9.17) is 5.73 Å². The third kappa shape index (κ3) is 2.56. The van der Waals surface area contributed by atoms with Gasteiger partial charge in [0.05, 0.1) is 5.54 Å². The summed E-state index contributed by atoms with van der Waals surface area (Å²) in [5, 5.41) is 3.12. The van der Waals surface area contributed by atoms with Crippen LogP contribution in [0.1, 0.15) is 41.3 Å². The highest BCUT2D eigenvalue weighted by Gasteiger charge is 2.41. The number of hydrogen-bond donors (Lipinski definition) is 2. The molecule has 1 aromatic rings. The van der Waals surface area contributed by atoms with Crippen molar-refractivity contribution in [2.45, 2.75) is 39.2 Å². The van der Waals surface area contributed by atoms with E-state index in [9.17, 15) is 4.79 Å². The Balaban J connectivity index is 2.16. The van der Waals surface area contributed by atoms with E-state index in [2.05, 4.69) is 5.32 Å². The predicted molar refractivity (Wildman–Crippen MR) is 73.6 cm³/mol. The highest BCUT2D eigenvalue weighted by atomic mass is 16.1. The van der Waals surface area contributed by atoms with Crippen LogP contribution in [0.2, 0.25) is 0 Å². The van der Waals surface area contributed by atoms with Crippen LogP contribution >= 0.6 is 0 Å². The smallest absolute Gasteiger partial charge is 0.252 e. The van der Waals surface area contributed by atoms with Gasteiger partial charge in [-0.25, -0.2) is 0 Å². The van der Waals surface area contributed by atoms with Crippen LogP contribution in [0.4, 0.5) is 0 Å². The first-order valence-corrected chi connectivity index (χ1v) is 6.56. The Morgan fingerprint density at radius 2 is 2.11 bits per heavy atom. The quantitative estimate of drug-likeness (QED) is 0.855. The number of rotatable bonds is 4. The number of nitrogens with one attached hydrogen (secondary N) is 1. The lowest BCUT2D eigenvalue weighted by molar-refractivity contribution is 0.0897. The number of aryl methyl sites for hydroxylation is 2. The molecule has 3 heteroatoms. The summed E-state index contributed by atoms with van der Waals surface area (Å²) in [6.45, 7) is 6.54. The molecular weight excluding hydrogens is 224 g/mol. The topological polar surface area (TPSA) is 55.1 Å². The fourth-order valence-electron chi connectivity index (χ4n) is 2.44. The van der Waals surface area contributed by atoms with E-state index in [1.807, 2.05) is 39.0 Å². The van der Waals surface area contributed by atoms with Crippen LogP contribution in [0, 0.1) is 19.8 Å². The molecule has 1 atom stereocenters. The second kappa shape index (κ2) is 4.73. The molecule has 1 aromatic carbocycles. The van der Waals surface area contributed by atoms with Gasteiger partial charge in [0.2, 0.25) is 0 Å². The molecule has 1 saturated carbocycles. The zero-order valence-electron chi connectivity index (χ0n) is 11.4. The van der Waals surface area contributed by atoms with E-state index in [0.717, 1.165) is 11.1 Å². The van der Waals surface area contributed by atoms with E-state index in [1.54, 1.807) is 0 Å². The summed E-state index contributed by atoms with van der Waals surface area (Å²) < 4.78 is 0. The second-order valence-corrected chi connectivity index (χ2v) is 5.67. The molecule has 0 bridgehead atoms. The molecule has 18 heavy (non-hydrogen) atoms. The Labute approximate surface area is 109 Å². The lowest BCUT2D eigenvalue weighted by Gasteiger charge is -2.29. The first kappa shape index (κ1) is 13.1. The molecule has 98 valence electrons. The summed E-state index contributed by atoms with van der Waals surface area (Å²) in [5.74, 6) is 0.532. The fourth-order valence-corrected chi connectivity index (χ4v) is 2.44. The second-order valence-electron chi connectivity index (χ2n) is 5.67. The van der Waals surface area contributed by atoms with Crippen LogP contribution in [0.15, 0.2) is 18.2 Å². The molecule has 1 unspecified atom stereocenters. The van der Waals surface area contributed by atoms with Crippen molar-refractivity contribution in [1.29, 1.82) is 0 Å². The van der Waals surface area contributed by atoms with E-state index in [-0.39, 0.29) is 11.4 Å². The normalized spacial score (nSPS) is 18.2. The Bertz CT molecular complexity index is 466. The molecule has 1 aliphatic rings. The zero-order chi connectivity index (χ0) is 13.3. The molecular formula is C15H22N2O. The molecule has 2 rings (SSSR count). The number of nitrogens with two attached hydrogens (primary N) is 1. The van der Waals surface area contributed by atoms with Crippen molar-refractivity contribution in [2.75, 3.05) is 6.54 Å². The van der Waals surface area contributed by atoms with Crippen LogP contribution in [-0.2, 0) is 0 Å². The third-order valence-corrected chi connectivity index (χ3v) is 3.93. The lowest BCUT2D eigenvalue weighted by Crippen LogP contribution is -2.53. The van der Waals surface area contributed by atoms with E-state index < -0.39 is 0 Å². The fraction of sp³-hybridized carbons (Fsp3) is 0.533. The molecule has 0 spiro atoms. The van der Waals surface area contributed by atoms with Crippen molar-refractivity contribution in [3.05, 3.63) is 34.9 Å². The maximum absolute atomic E-state index is 12.3. The van der Waals surface area contributed by atoms with Gasteiger partial charge in [0, 0.05) is 12.1 Å². The third-order valence-electron chi connectivity index (χ3n) is 3.93. The van der Waals surface area contributed by atoms with Crippen molar-refractivity contribution in [3.63, 3.8) is 0 Å². The number of carbonyl (C=O) groups is 1. The van der Waals surface area contributed by atoms with E-state index in [0.29, 0.717) is 12.5 Å². The van der Waals surface area contributed by atoms with Crippen LogP contribution in [0.25, 0.3) is 0 Å². The Hall–Kier alpha value is -1.35. The summed E-state index contributed by atoms with van der Waals surface area (Å²) >= 11 is 0. The summed E-state index contributed by atoms with van der Waals surface area (Å²) in [6.07, 6.45) is 2.34. The maximum atomic E-state index is 12.3. The minimum atomic E-state index is -0.256. The average molecular weight is 246 g/mol. The number of benzene rings is 1. The Morgan fingerprint density at radius 3 is 2.61 bits per heavy atom. The highest BCUT2D eigenvalue weighted by Crippen LogP contribution is 2.39. The summed E-state index contributed by atoms with van der Waals surface area (Å²) in [5.41, 5.74) is 8.51. The molecule has 0 aromatic heterocycles. The SMILES string of the molecule is Cc1ccc(C(=O)NC(C)(CN)C2CC2)c(C)c1. The minimum absolute atomic E-state index is 0.00708. The number of carbonyl (C=O) groups excluding carboxylic acids is 1. The molecule has 1 amide bonds. The molecule has 3 nitrogen and oxygen atoms in total. The van der Waals surface area contributed by atoms with E-state index in [1.165, 1.54) is 18.4 Å². The van der Waals surface area contributed by atoms with Crippen LogP contribution < -0.4 is 11.1 Å². The predicted octanol–water partition coefficient (Wildman–Crippen LogP) is 2.16. The molecule has 0 heterocycles. The Morgan fingerprint density at radius 1 is 1.44 bits per heavy atom. The zero-order valence-corrected chi connectivity index (χ0v) is 11.4. The van der Waals surface area contributed by atoms with Crippen molar-refractivity contribution >= 4 is 5.91 Å². The van der Waals surface area contributed by atoms with Crippen LogP contribution in [-0.4, -0.2) is 18.0 Å². The minimum Gasteiger partial charge on any atom is -0.345 e. The average Bonchev–Trinajstić information content (AvgIpc) is 3.12. The van der Waals surface area contributed by atoms with Crippen LogP contribution in [0.5, 0.6) is 0 Å². The number of hydrogen-bond acceptors (Lipinski definition) is 2. The molecule has 1 aliphatic carbocycles. The largest absolute Gasteiger partial charge is 0.345 e. The molecule has 0 aliphatic heterocycles. The summed E-state index contributed by atoms with van der Waals surface area (Å²) in [4.78, 5) is 12.3. The van der Waals surface area contributed by atoms with Crippen molar-refractivity contribution < 1.29 is 4.79 Å². The van der Waals surface area contributed by atoms with Crippen LogP contribution in [0.3, 0.4) is 0 Å². The molecule has 1 fully saturated rings. The molecule has 3 N–H and O–H groups in total. The van der Waals surface area contributed by atoms with Crippen molar-refractivity contribution in [2.24, 2.45) is 11.7 Å². The van der Waals surface area contributed by atoms with Gasteiger partial charge in [-0.05, 0) is 51.2 Å². The standard InChI is InChI=1S/C15H22N2O/c1-10-4-7-13(11(2)8-10)14(18)17-15(3,9-16)12-5-6-12/h4,7-8,12H,5-6,9,16H2,1-3H3,(H,17,18). The monoisotopic (exact) mass is 246 g/mol. The van der Waals surface area contributed by atoms with Crippen molar-refractivity contribution in [1.82, 2.24) is 5.32 Å². The highest BCUT2D eigenvalue weighted by molar-refractivity contribution is 5.96. The van der Waals surface area contributed by atoms with Gasteiger partial charge < -0.3 is 11.1 Å². The maximum Gasteiger partial charge on any atom is 0.252 e.